The molecule has 2 unspecified atom stereocenters. The van der Waals surface area contributed by atoms with Crippen LogP contribution in [0.15, 0.2) is 48.6 Å². The summed E-state index contributed by atoms with van der Waals surface area (Å²) < 4.78 is 22.4. The fourth-order valence-electron chi connectivity index (χ4n) is 5.06. The van der Waals surface area contributed by atoms with Crippen LogP contribution in [0.2, 0.25) is 0 Å². The van der Waals surface area contributed by atoms with Crippen molar-refractivity contribution in [2.45, 2.75) is 161 Å². The third-order valence-corrected chi connectivity index (χ3v) is 8.28. The van der Waals surface area contributed by atoms with E-state index in [0.717, 1.165) is 96.3 Å². The predicted molar refractivity (Wildman–Crippen MR) is 209 cm³/mol. The van der Waals surface area contributed by atoms with Gasteiger partial charge in [-0.25, -0.2) is 0 Å². The first-order valence-electron chi connectivity index (χ1n) is 20.3. The van der Waals surface area contributed by atoms with Crippen LogP contribution in [0.4, 0.5) is 0 Å². The van der Waals surface area contributed by atoms with Crippen LogP contribution in [-0.4, -0.2) is 82.3 Å². The summed E-state index contributed by atoms with van der Waals surface area (Å²) in [6.45, 7) is 4.57. The van der Waals surface area contributed by atoms with E-state index in [-0.39, 0.29) is 38.6 Å². The number of carboxylic acid groups (broad SMARTS) is 1. The topological polar surface area (TPSA) is 111 Å². The van der Waals surface area contributed by atoms with Gasteiger partial charge in [-0.2, -0.15) is 0 Å². The van der Waals surface area contributed by atoms with Crippen molar-refractivity contribution in [3.05, 3.63) is 48.6 Å². The largest absolute Gasteiger partial charge is 0.545 e. The van der Waals surface area contributed by atoms with Gasteiger partial charge in [0, 0.05) is 12.8 Å². The number of aliphatic carboxylic acids is 1. The second kappa shape index (κ2) is 35.3. The third kappa shape index (κ3) is 35.6. The third-order valence-electron chi connectivity index (χ3n) is 8.28. The molecule has 0 aromatic rings. The van der Waals surface area contributed by atoms with Crippen LogP contribution < -0.4 is 5.11 Å². The molecule has 9 nitrogen and oxygen atoms in total. The molecular weight excluding hydrogens is 658 g/mol. The van der Waals surface area contributed by atoms with Gasteiger partial charge >= 0.3 is 11.9 Å². The van der Waals surface area contributed by atoms with E-state index in [9.17, 15) is 19.5 Å². The van der Waals surface area contributed by atoms with Crippen molar-refractivity contribution in [1.29, 1.82) is 0 Å². The van der Waals surface area contributed by atoms with Gasteiger partial charge in [-0.1, -0.05) is 120 Å². The Morgan fingerprint density at radius 2 is 1.08 bits per heavy atom. The standard InChI is InChI=1S/C43H75NO8/c1-6-8-10-12-14-16-18-20-22-24-26-28-30-32-34-41(46)52-39(38-51-43(42(47)48)49-36-35-44(3,4)5)37-50-40(45)33-31-29-27-25-23-21-19-17-15-13-11-9-7-2/h11-14,17-20,39,43H,6-10,15-16,21-38H2,1-5H3/b13-11-,14-12-,19-17-,20-18-. The molecule has 0 aliphatic rings. The molecule has 0 aromatic heterocycles. The molecule has 0 rings (SSSR count). The highest BCUT2D eigenvalue weighted by molar-refractivity contribution is 5.70. The summed E-state index contributed by atoms with van der Waals surface area (Å²) in [5.74, 6) is -2.33. The van der Waals surface area contributed by atoms with Gasteiger partial charge in [0.2, 0.25) is 0 Å². The molecule has 0 aliphatic carbocycles. The molecule has 0 radical (unpaired) electrons. The van der Waals surface area contributed by atoms with E-state index in [1.807, 2.05) is 21.1 Å². The van der Waals surface area contributed by atoms with Crippen LogP contribution in [0, 0.1) is 0 Å². The second-order valence-electron chi connectivity index (χ2n) is 14.6. The zero-order chi connectivity index (χ0) is 38.5. The number of ether oxygens (including phenoxy) is 4. The van der Waals surface area contributed by atoms with E-state index in [1.165, 1.54) is 19.3 Å². The van der Waals surface area contributed by atoms with Crippen molar-refractivity contribution >= 4 is 17.9 Å². The summed E-state index contributed by atoms with van der Waals surface area (Å²) in [7, 11) is 5.88. The molecule has 9 heteroatoms. The molecule has 0 N–H and O–H groups in total. The van der Waals surface area contributed by atoms with Crippen molar-refractivity contribution in [1.82, 2.24) is 0 Å². The highest BCUT2D eigenvalue weighted by atomic mass is 16.7. The maximum Gasteiger partial charge on any atom is 0.306 e. The number of hydrogen-bond acceptors (Lipinski definition) is 8. The maximum absolute atomic E-state index is 12.7. The average molecular weight is 734 g/mol. The van der Waals surface area contributed by atoms with Crippen LogP contribution >= 0.6 is 0 Å². The van der Waals surface area contributed by atoms with Gasteiger partial charge in [0.25, 0.3) is 0 Å². The number of quaternary nitrogens is 1. The van der Waals surface area contributed by atoms with Gasteiger partial charge in [-0.3, -0.25) is 9.59 Å². The van der Waals surface area contributed by atoms with Gasteiger partial charge in [0.15, 0.2) is 12.4 Å². The van der Waals surface area contributed by atoms with E-state index in [4.69, 9.17) is 18.9 Å². The Balaban J connectivity index is 4.56. The molecular formula is C43H75NO8. The minimum Gasteiger partial charge on any atom is -0.545 e. The van der Waals surface area contributed by atoms with Gasteiger partial charge in [-0.05, 0) is 64.2 Å². The lowest BCUT2D eigenvalue weighted by atomic mass is 10.1. The molecule has 52 heavy (non-hydrogen) atoms. The molecule has 0 amide bonds. The van der Waals surface area contributed by atoms with Gasteiger partial charge in [0.05, 0.1) is 40.3 Å². The Morgan fingerprint density at radius 1 is 0.577 bits per heavy atom. The lowest BCUT2D eigenvalue weighted by Gasteiger charge is -2.26. The van der Waals surface area contributed by atoms with Crippen LogP contribution in [0.25, 0.3) is 0 Å². The van der Waals surface area contributed by atoms with E-state index in [1.54, 1.807) is 0 Å². The minimum absolute atomic E-state index is 0.141. The Bertz CT molecular complexity index is 998. The smallest absolute Gasteiger partial charge is 0.306 e. The monoisotopic (exact) mass is 734 g/mol. The molecule has 0 saturated heterocycles. The zero-order valence-corrected chi connectivity index (χ0v) is 33.7. The first-order chi connectivity index (χ1) is 25.1. The number of nitrogens with zero attached hydrogens (tertiary/aromatic N) is 1. The molecule has 0 saturated carbocycles. The molecule has 0 aliphatic heterocycles. The van der Waals surface area contributed by atoms with Crippen LogP contribution in [-0.2, 0) is 33.3 Å². The summed E-state index contributed by atoms with van der Waals surface area (Å²) in [4.78, 5) is 36.8. The minimum atomic E-state index is -1.63. The van der Waals surface area contributed by atoms with Gasteiger partial charge < -0.3 is 33.3 Å². The summed E-state index contributed by atoms with van der Waals surface area (Å²) in [6, 6.07) is 0. The van der Waals surface area contributed by atoms with Crippen LogP contribution in [0.3, 0.4) is 0 Å². The normalized spacial score (nSPS) is 13.5. The highest BCUT2D eigenvalue weighted by Gasteiger charge is 2.21. The first kappa shape index (κ1) is 49.2. The molecule has 300 valence electrons. The Morgan fingerprint density at radius 3 is 1.60 bits per heavy atom. The van der Waals surface area contributed by atoms with Crippen molar-refractivity contribution in [3.63, 3.8) is 0 Å². The number of carbonyl (C=O) groups is 3. The van der Waals surface area contributed by atoms with E-state index >= 15 is 0 Å². The van der Waals surface area contributed by atoms with E-state index < -0.39 is 24.3 Å². The molecule has 0 spiro atoms. The van der Waals surface area contributed by atoms with Gasteiger partial charge in [0.1, 0.15) is 13.2 Å². The SMILES string of the molecule is CCC/C=C\C/C=C\CCCCCCCC(=O)OCC(COC(OCC[N+](C)(C)C)C(=O)[O-])OC(=O)CCCCCCC/C=C\C/C=C\CCCC. The van der Waals surface area contributed by atoms with Crippen molar-refractivity contribution in [2.24, 2.45) is 0 Å². The Kier molecular flexibility index (Phi) is 33.4. The highest BCUT2D eigenvalue weighted by Crippen LogP contribution is 2.12. The van der Waals surface area contributed by atoms with E-state index in [0.29, 0.717) is 17.4 Å². The molecule has 0 heterocycles. The molecule has 0 aromatic carbocycles. The Labute approximate surface area is 317 Å². The molecule has 0 fully saturated rings. The van der Waals surface area contributed by atoms with Crippen molar-refractivity contribution < 1.29 is 42.9 Å². The molecule has 0 bridgehead atoms. The second-order valence-corrected chi connectivity index (χ2v) is 14.6. The summed E-state index contributed by atoms with van der Waals surface area (Å²) in [6.07, 6.45) is 35.7. The number of unbranched alkanes of at least 4 members (excludes halogenated alkanes) is 13. The van der Waals surface area contributed by atoms with Crippen molar-refractivity contribution in [3.8, 4) is 0 Å². The predicted octanol–water partition coefficient (Wildman–Crippen LogP) is 8.71. The number of likely N-dealkylation sites (N-methyl/N-ethyl adjacent to an activating group) is 1. The van der Waals surface area contributed by atoms with E-state index in [2.05, 4.69) is 62.5 Å². The summed E-state index contributed by atoms with van der Waals surface area (Å²) in [5, 5.41) is 11.6. The fraction of sp³-hybridized carbons (Fsp3) is 0.744. The zero-order valence-electron chi connectivity index (χ0n) is 33.7. The lowest BCUT2D eigenvalue weighted by molar-refractivity contribution is -0.870. The summed E-state index contributed by atoms with van der Waals surface area (Å²) >= 11 is 0. The van der Waals surface area contributed by atoms with Gasteiger partial charge in [-0.15, -0.1) is 0 Å². The number of carboxylic acids is 1. The fourth-order valence-corrected chi connectivity index (χ4v) is 5.06. The molecule has 2 atom stereocenters. The van der Waals surface area contributed by atoms with Crippen LogP contribution in [0.5, 0.6) is 0 Å². The summed E-state index contributed by atoms with van der Waals surface area (Å²) in [5.41, 5.74) is 0. The Hall–Kier alpha value is -2.75. The number of carbonyl (C=O) groups excluding carboxylic acids is 3. The lowest BCUT2D eigenvalue weighted by Crippen LogP contribution is -2.44. The number of hydrogen-bond donors (Lipinski definition) is 0. The van der Waals surface area contributed by atoms with Crippen LogP contribution in [0.1, 0.15) is 149 Å². The number of rotatable bonds is 36. The first-order valence-corrected chi connectivity index (χ1v) is 20.3. The number of esters is 2. The quantitative estimate of drug-likeness (QED) is 0.0207. The van der Waals surface area contributed by atoms with Crippen molar-refractivity contribution in [2.75, 3.05) is 47.5 Å². The number of allylic oxidation sites excluding steroid dienone is 8. The maximum atomic E-state index is 12.7. The average Bonchev–Trinajstić information content (AvgIpc) is 3.09.